The van der Waals surface area contributed by atoms with Crippen molar-refractivity contribution in [2.45, 2.75) is 25.9 Å². The second kappa shape index (κ2) is 9.06. The minimum Gasteiger partial charge on any atom is -0.299 e. The van der Waals surface area contributed by atoms with E-state index in [-0.39, 0.29) is 0 Å². The number of aromatic nitrogens is 1. The van der Waals surface area contributed by atoms with Gasteiger partial charge in [-0.15, -0.1) is 0 Å². The van der Waals surface area contributed by atoms with Crippen molar-refractivity contribution >= 4 is 5.57 Å². The van der Waals surface area contributed by atoms with Gasteiger partial charge in [0.15, 0.2) is 0 Å². The van der Waals surface area contributed by atoms with Gasteiger partial charge in [-0.25, -0.2) is 0 Å². The van der Waals surface area contributed by atoms with Crippen molar-refractivity contribution in [2.24, 2.45) is 0 Å². The monoisotopic (exact) mass is 422 g/mol. The van der Waals surface area contributed by atoms with Gasteiger partial charge in [-0.3, -0.25) is 9.88 Å². The summed E-state index contributed by atoms with van der Waals surface area (Å²) in [6, 6.07) is 18.3. The highest BCUT2D eigenvalue weighted by Crippen LogP contribution is 2.32. The summed E-state index contributed by atoms with van der Waals surface area (Å²) in [7, 11) is 0. The first-order valence-electron chi connectivity index (χ1n) is 10.5. The van der Waals surface area contributed by atoms with Crippen LogP contribution in [0.15, 0.2) is 72.9 Å². The standard InChI is InChI=1S/C26H25F3N2/c1-19-5-8-24(18-30-19)21-9-6-20(7-10-21)11-14-31-15-12-22(13-16-31)23-3-2-4-25(17-23)26(27,28)29/h2-10,12,17-18H,11,13-16H2,1H3. The first-order valence-corrected chi connectivity index (χ1v) is 10.5. The third kappa shape index (κ3) is 5.42. The number of hydrogen-bond donors (Lipinski definition) is 0. The molecular formula is C26H25F3N2. The van der Waals surface area contributed by atoms with E-state index in [1.165, 1.54) is 17.7 Å². The molecule has 0 atom stereocenters. The second-order valence-corrected chi connectivity index (χ2v) is 7.99. The second-order valence-electron chi connectivity index (χ2n) is 7.99. The highest BCUT2D eigenvalue weighted by Gasteiger charge is 2.30. The van der Waals surface area contributed by atoms with Crippen LogP contribution in [-0.2, 0) is 12.6 Å². The average Bonchev–Trinajstić information content (AvgIpc) is 2.78. The van der Waals surface area contributed by atoms with Crippen LogP contribution in [0.5, 0.6) is 0 Å². The Labute approximate surface area is 181 Å². The molecule has 0 amide bonds. The Morgan fingerprint density at radius 3 is 2.35 bits per heavy atom. The molecule has 0 saturated carbocycles. The van der Waals surface area contributed by atoms with Crippen LogP contribution in [0.3, 0.4) is 0 Å². The molecule has 1 aliphatic heterocycles. The minimum absolute atomic E-state index is 0.585. The fourth-order valence-corrected chi connectivity index (χ4v) is 3.86. The first-order chi connectivity index (χ1) is 14.9. The van der Waals surface area contributed by atoms with Gasteiger partial charge in [0, 0.05) is 37.1 Å². The fourth-order valence-electron chi connectivity index (χ4n) is 3.86. The van der Waals surface area contributed by atoms with Gasteiger partial charge in [0.05, 0.1) is 5.56 Å². The van der Waals surface area contributed by atoms with Crippen LogP contribution in [0.25, 0.3) is 16.7 Å². The minimum atomic E-state index is -4.30. The van der Waals surface area contributed by atoms with Crippen molar-refractivity contribution in [3.8, 4) is 11.1 Å². The summed E-state index contributed by atoms with van der Waals surface area (Å²) in [4.78, 5) is 6.69. The summed E-state index contributed by atoms with van der Waals surface area (Å²) < 4.78 is 38.9. The molecule has 0 aliphatic carbocycles. The molecule has 0 unspecified atom stereocenters. The molecule has 0 spiro atoms. The zero-order valence-corrected chi connectivity index (χ0v) is 17.5. The largest absolute Gasteiger partial charge is 0.416 e. The quantitative estimate of drug-likeness (QED) is 0.472. The molecule has 1 aliphatic rings. The normalized spacial score (nSPS) is 15.0. The Kier molecular flexibility index (Phi) is 6.23. The first kappa shape index (κ1) is 21.3. The molecule has 1 aromatic heterocycles. The zero-order chi connectivity index (χ0) is 21.8. The Bertz CT molecular complexity index is 1050. The lowest BCUT2D eigenvalue weighted by molar-refractivity contribution is -0.137. The summed E-state index contributed by atoms with van der Waals surface area (Å²) >= 11 is 0. The molecule has 2 heterocycles. The van der Waals surface area contributed by atoms with Crippen molar-refractivity contribution in [3.63, 3.8) is 0 Å². The Balaban J connectivity index is 1.33. The summed E-state index contributed by atoms with van der Waals surface area (Å²) in [6.07, 6.45) is 1.36. The summed E-state index contributed by atoms with van der Waals surface area (Å²) in [6.45, 7) is 4.52. The van der Waals surface area contributed by atoms with E-state index in [4.69, 9.17) is 0 Å². The van der Waals surface area contributed by atoms with Gasteiger partial charge < -0.3 is 0 Å². The molecule has 0 bridgehead atoms. The van der Waals surface area contributed by atoms with E-state index >= 15 is 0 Å². The number of benzene rings is 2. The summed E-state index contributed by atoms with van der Waals surface area (Å²) in [5, 5.41) is 0. The molecule has 31 heavy (non-hydrogen) atoms. The lowest BCUT2D eigenvalue weighted by Crippen LogP contribution is -2.30. The third-order valence-corrected chi connectivity index (χ3v) is 5.77. The smallest absolute Gasteiger partial charge is 0.299 e. The van der Waals surface area contributed by atoms with Crippen molar-refractivity contribution < 1.29 is 13.2 Å². The number of pyridine rings is 1. The molecule has 0 fully saturated rings. The van der Waals surface area contributed by atoms with Gasteiger partial charge in [0.1, 0.15) is 0 Å². The van der Waals surface area contributed by atoms with E-state index in [1.54, 1.807) is 6.07 Å². The van der Waals surface area contributed by atoms with Crippen LogP contribution in [0.1, 0.15) is 28.8 Å². The van der Waals surface area contributed by atoms with E-state index in [0.717, 1.165) is 60.9 Å². The zero-order valence-electron chi connectivity index (χ0n) is 17.5. The average molecular weight is 422 g/mol. The van der Waals surface area contributed by atoms with Gasteiger partial charge in [0.25, 0.3) is 0 Å². The maximum absolute atomic E-state index is 13.0. The van der Waals surface area contributed by atoms with Gasteiger partial charge in [0.2, 0.25) is 0 Å². The van der Waals surface area contributed by atoms with Crippen LogP contribution in [0, 0.1) is 6.92 Å². The van der Waals surface area contributed by atoms with Gasteiger partial charge in [-0.1, -0.05) is 48.5 Å². The van der Waals surface area contributed by atoms with Crippen LogP contribution < -0.4 is 0 Å². The number of alkyl halides is 3. The molecule has 0 saturated heterocycles. The molecule has 0 N–H and O–H groups in total. The van der Waals surface area contributed by atoms with Crippen LogP contribution in [0.2, 0.25) is 0 Å². The Morgan fingerprint density at radius 1 is 0.935 bits per heavy atom. The van der Waals surface area contributed by atoms with Crippen LogP contribution in [-0.4, -0.2) is 29.5 Å². The van der Waals surface area contributed by atoms with Gasteiger partial charge in [-0.05, 0) is 60.2 Å². The fraction of sp³-hybridized carbons (Fsp3) is 0.269. The molecular weight excluding hydrogens is 397 g/mol. The predicted octanol–water partition coefficient (Wildman–Crippen LogP) is 6.41. The van der Waals surface area contributed by atoms with E-state index in [2.05, 4.69) is 46.3 Å². The number of nitrogens with zero attached hydrogens (tertiary/aromatic N) is 2. The number of halogens is 3. The lowest BCUT2D eigenvalue weighted by atomic mass is 9.97. The van der Waals surface area contributed by atoms with E-state index in [1.807, 2.05) is 19.2 Å². The SMILES string of the molecule is Cc1ccc(-c2ccc(CCN3CC=C(c4cccc(C(F)(F)F)c4)CC3)cc2)cn1. The molecule has 5 heteroatoms. The number of aryl methyl sites for hydroxylation is 1. The predicted molar refractivity (Wildman–Crippen MR) is 119 cm³/mol. The molecule has 2 nitrogen and oxygen atoms in total. The van der Waals surface area contributed by atoms with Crippen molar-refractivity contribution in [1.29, 1.82) is 0 Å². The number of hydrogen-bond acceptors (Lipinski definition) is 2. The Hall–Kier alpha value is -2.92. The molecule has 160 valence electrons. The van der Waals surface area contributed by atoms with Crippen LogP contribution >= 0.6 is 0 Å². The molecule has 2 aromatic carbocycles. The molecule has 4 rings (SSSR count). The molecule has 0 radical (unpaired) electrons. The summed E-state index contributed by atoms with van der Waals surface area (Å²) in [5.41, 5.74) is 5.64. The van der Waals surface area contributed by atoms with Crippen molar-refractivity contribution in [3.05, 3.63) is 95.3 Å². The maximum atomic E-state index is 13.0. The highest BCUT2D eigenvalue weighted by molar-refractivity contribution is 5.67. The van der Waals surface area contributed by atoms with Gasteiger partial charge >= 0.3 is 6.18 Å². The highest BCUT2D eigenvalue weighted by atomic mass is 19.4. The Morgan fingerprint density at radius 2 is 1.71 bits per heavy atom. The topological polar surface area (TPSA) is 16.1 Å². The lowest BCUT2D eigenvalue weighted by Gasteiger charge is -2.26. The van der Waals surface area contributed by atoms with Crippen molar-refractivity contribution in [1.82, 2.24) is 9.88 Å². The van der Waals surface area contributed by atoms with Gasteiger partial charge in [-0.2, -0.15) is 13.2 Å². The third-order valence-electron chi connectivity index (χ3n) is 5.77. The van der Waals surface area contributed by atoms with Crippen molar-refractivity contribution in [2.75, 3.05) is 19.6 Å². The van der Waals surface area contributed by atoms with E-state index < -0.39 is 11.7 Å². The van der Waals surface area contributed by atoms with Crippen LogP contribution in [0.4, 0.5) is 13.2 Å². The van der Waals surface area contributed by atoms with E-state index in [0.29, 0.717) is 5.56 Å². The van der Waals surface area contributed by atoms with E-state index in [9.17, 15) is 13.2 Å². The summed E-state index contributed by atoms with van der Waals surface area (Å²) in [5.74, 6) is 0. The molecule has 3 aromatic rings. The maximum Gasteiger partial charge on any atom is 0.416 e. The number of rotatable bonds is 5.